The van der Waals surface area contributed by atoms with Gasteiger partial charge in [0.15, 0.2) is 5.16 Å². The second-order valence-electron chi connectivity index (χ2n) is 6.01. The molecule has 142 valence electrons. The van der Waals surface area contributed by atoms with Crippen molar-refractivity contribution in [3.8, 4) is 0 Å². The van der Waals surface area contributed by atoms with E-state index in [0.717, 1.165) is 11.1 Å². The van der Waals surface area contributed by atoms with E-state index in [1.807, 2.05) is 6.92 Å². The number of nitrogens with zero attached hydrogens (tertiary/aromatic N) is 3. The number of aryl methyl sites for hydroxylation is 1. The van der Waals surface area contributed by atoms with Crippen molar-refractivity contribution in [2.24, 2.45) is 7.05 Å². The van der Waals surface area contributed by atoms with Crippen LogP contribution in [-0.2, 0) is 29.4 Å². The Morgan fingerprint density at radius 1 is 1.07 bits per heavy atom. The van der Waals surface area contributed by atoms with Gasteiger partial charge >= 0.3 is 0 Å². The monoisotopic (exact) mass is 406 g/mol. The summed E-state index contributed by atoms with van der Waals surface area (Å²) in [6.07, 6.45) is 0. The molecule has 9 heteroatoms. The number of hydrogen-bond donors (Lipinski definition) is 1. The highest BCUT2D eigenvalue weighted by molar-refractivity contribution is 7.98. The van der Waals surface area contributed by atoms with Crippen LogP contribution in [0.25, 0.3) is 0 Å². The first-order chi connectivity index (χ1) is 12.8. The van der Waals surface area contributed by atoms with E-state index in [4.69, 9.17) is 0 Å². The zero-order valence-electron chi connectivity index (χ0n) is 14.9. The van der Waals surface area contributed by atoms with Crippen molar-refractivity contribution >= 4 is 21.8 Å². The smallest absolute Gasteiger partial charge is 0.240 e. The van der Waals surface area contributed by atoms with Gasteiger partial charge in [0, 0.05) is 12.8 Å². The van der Waals surface area contributed by atoms with Crippen LogP contribution in [0.2, 0.25) is 0 Å². The largest absolute Gasteiger partial charge is 0.308 e. The van der Waals surface area contributed by atoms with Crippen molar-refractivity contribution in [2.75, 3.05) is 0 Å². The average Bonchev–Trinajstić information content (AvgIpc) is 3.00. The number of sulfonamides is 1. The number of nitrogens with one attached hydrogen (secondary N) is 1. The molecule has 0 radical (unpaired) electrons. The third-order valence-corrected chi connectivity index (χ3v) is 6.47. The molecule has 0 saturated carbocycles. The highest BCUT2D eigenvalue weighted by atomic mass is 32.2. The van der Waals surface area contributed by atoms with Gasteiger partial charge in [-0.2, -0.15) is 0 Å². The predicted molar refractivity (Wildman–Crippen MR) is 102 cm³/mol. The summed E-state index contributed by atoms with van der Waals surface area (Å²) in [6.45, 7) is 1.94. The number of thioether (sulfide) groups is 1. The van der Waals surface area contributed by atoms with Crippen molar-refractivity contribution in [1.82, 2.24) is 19.5 Å². The highest BCUT2D eigenvalue weighted by Gasteiger charge is 2.16. The summed E-state index contributed by atoms with van der Waals surface area (Å²) in [4.78, 5) is 0.209. The van der Waals surface area contributed by atoms with Gasteiger partial charge in [-0.1, -0.05) is 41.6 Å². The number of halogens is 1. The van der Waals surface area contributed by atoms with Gasteiger partial charge in [-0.3, -0.25) is 0 Å². The van der Waals surface area contributed by atoms with Crippen LogP contribution >= 0.6 is 11.8 Å². The summed E-state index contributed by atoms with van der Waals surface area (Å²) in [7, 11) is -1.84. The van der Waals surface area contributed by atoms with Crippen molar-refractivity contribution in [2.45, 2.75) is 29.3 Å². The summed E-state index contributed by atoms with van der Waals surface area (Å²) in [5.74, 6) is 0.847. The van der Waals surface area contributed by atoms with Gasteiger partial charge in [0.2, 0.25) is 10.0 Å². The quantitative estimate of drug-likeness (QED) is 0.611. The number of rotatable bonds is 7. The summed E-state index contributed by atoms with van der Waals surface area (Å²) >= 11 is 1.45. The second kappa shape index (κ2) is 8.20. The average molecular weight is 407 g/mol. The van der Waals surface area contributed by atoms with Gasteiger partial charge in [0.05, 0.1) is 11.4 Å². The van der Waals surface area contributed by atoms with Crippen molar-refractivity contribution in [1.29, 1.82) is 0 Å². The lowest BCUT2D eigenvalue weighted by atomic mass is 10.2. The summed E-state index contributed by atoms with van der Waals surface area (Å²) < 4.78 is 42.0. The van der Waals surface area contributed by atoms with Crippen LogP contribution in [0.1, 0.15) is 17.0 Å². The Morgan fingerprint density at radius 2 is 1.74 bits per heavy atom. The maximum atomic E-state index is 13.0. The Hall–Kier alpha value is -2.23. The number of hydrogen-bond acceptors (Lipinski definition) is 5. The molecule has 2 aromatic carbocycles. The molecule has 6 nitrogen and oxygen atoms in total. The number of aromatic nitrogens is 3. The van der Waals surface area contributed by atoms with Gasteiger partial charge in [-0.15, -0.1) is 10.2 Å². The first kappa shape index (κ1) is 19.5. The molecule has 0 amide bonds. The zero-order chi connectivity index (χ0) is 19.4. The van der Waals surface area contributed by atoms with E-state index >= 15 is 0 Å². The molecule has 27 heavy (non-hydrogen) atoms. The van der Waals surface area contributed by atoms with Crippen molar-refractivity contribution < 1.29 is 12.8 Å². The molecule has 1 N–H and O–H groups in total. The molecule has 0 unspecified atom stereocenters. The minimum absolute atomic E-state index is 0.0385. The third kappa shape index (κ3) is 4.94. The molecule has 3 rings (SSSR count). The van der Waals surface area contributed by atoms with Crippen LogP contribution in [0.5, 0.6) is 0 Å². The van der Waals surface area contributed by atoms with Gasteiger partial charge < -0.3 is 4.57 Å². The van der Waals surface area contributed by atoms with Gasteiger partial charge in [0.25, 0.3) is 0 Å². The predicted octanol–water partition coefficient (Wildman–Crippen LogP) is 3.03. The molecule has 0 atom stereocenters. The minimum atomic E-state index is -3.62. The summed E-state index contributed by atoms with van der Waals surface area (Å²) in [5.41, 5.74) is 1.95. The van der Waals surface area contributed by atoms with E-state index in [0.29, 0.717) is 16.7 Å². The molecule has 0 bridgehead atoms. The van der Waals surface area contributed by atoms with Crippen molar-refractivity contribution in [3.05, 3.63) is 71.3 Å². The maximum absolute atomic E-state index is 13.0. The van der Waals surface area contributed by atoms with E-state index in [-0.39, 0.29) is 17.3 Å². The molecular formula is C18H19FN4O2S2. The molecule has 0 fully saturated rings. The molecule has 3 aromatic rings. The topological polar surface area (TPSA) is 76.9 Å². The Morgan fingerprint density at radius 3 is 2.41 bits per heavy atom. The molecular weight excluding hydrogens is 387 g/mol. The van der Waals surface area contributed by atoms with Crippen LogP contribution < -0.4 is 4.72 Å². The van der Waals surface area contributed by atoms with E-state index in [1.165, 1.54) is 23.9 Å². The summed E-state index contributed by atoms with van der Waals surface area (Å²) in [5, 5.41) is 8.81. The Labute approximate surface area is 161 Å². The zero-order valence-corrected chi connectivity index (χ0v) is 16.5. The van der Waals surface area contributed by atoms with Crippen LogP contribution in [0, 0.1) is 12.7 Å². The lowest BCUT2D eigenvalue weighted by Crippen LogP contribution is -2.24. The van der Waals surface area contributed by atoms with Gasteiger partial charge in [-0.05, 0) is 36.8 Å². The van der Waals surface area contributed by atoms with Crippen LogP contribution in [0.3, 0.4) is 0 Å². The Balaban J connectivity index is 1.63. The third-order valence-electron chi connectivity index (χ3n) is 3.96. The second-order valence-corrected chi connectivity index (χ2v) is 8.72. The standard InChI is InChI=1S/C18H19FN4O2S2/c1-13-3-9-16(10-4-13)27(24,25)20-11-17-21-22-18(23(17)2)26-12-14-5-7-15(19)8-6-14/h3-10,20H,11-12H2,1-2H3. The molecule has 0 aliphatic carbocycles. The van der Waals surface area contributed by atoms with Gasteiger partial charge in [-0.25, -0.2) is 17.5 Å². The van der Waals surface area contributed by atoms with Gasteiger partial charge in [0.1, 0.15) is 11.6 Å². The molecule has 0 saturated heterocycles. The van der Waals surface area contributed by atoms with E-state index in [9.17, 15) is 12.8 Å². The molecule has 0 aliphatic rings. The fourth-order valence-electron chi connectivity index (χ4n) is 2.31. The minimum Gasteiger partial charge on any atom is -0.308 e. The molecule has 1 heterocycles. The Kier molecular flexibility index (Phi) is 5.93. The fourth-order valence-corrected chi connectivity index (χ4v) is 4.18. The van der Waals surface area contributed by atoms with Crippen LogP contribution in [0.4, 0.5) is 4.39 Å². The highest BCUT2D eigenvalue weighted by Crippen LogP contribution is 2.21. The van der Waals surface area contributed by atoms with Crippen LogP contribution in [-0.4, -0.2) is 23.2 Å². The fraction of sp³-hybridized carbons (Fsp3) is 0.222. The molecule has 0 aliphatic heterocycles. The number of benzene rings is 2. The first-order valence-electron chi connectivity index (χ1n) is 8.17. The van der Waals surface area contributed by atoms with E-state index < -0.39 is 10.0 Å². The first-order valence-corrected chi connectivity index (χ1v) is 10.6. The maximum Gasteiger partial charge on any atom is 0.240 e. The normalized spacial score (nSPS) is 11.7. The van der Waals surface area contributed by atoms with E-state index in [1.54, 1.807) is 48.0 Å². The SMILES string of the molecule is Cc1ccc(S(=O)(=O)NCc2nnc(SCc3ccc(F)cc3)n2C)cc1. The molecule has 0 spiro atoms. The lowest BCUT2D eigenvalue weighted by Gasteiger charge is -2.07. The Bertz CT molecular complexity index is 1020. The van der Waals surface area contributed by atoms with E-state index in [2.05, 4.69) is 14.9 Å². The van der Waals surface area contributed by atoms with Crippen LogP contribution in [0.15, 0.2) is 58.6 Å². The van der Waals surface area contributed by atoms with Crippen molar-refractivity contribution in [3.63, 3.8) is 0 Å². The molecule has 1 aromatic heterocycles. The summed E-state index contributed by atoms with van der Waals surface area (Å²) in [6, 6.07) is 12.9. The lowest BCUT2D eigenvalue weighted by molar-refractivity contribution is 0.576.